The SMILES string of the molecule is C=C1C=CC(COc2nc(N)nc3[nH]cnc23)C=C1. The maximum atomic E-state index is 5.69. The Bertz CT molecular complexity index is 669. The van der Waals surface area contributed by atoms with Crippen LogP contribution in [0.25, 0.3) is 11.2 Å². The lowest BCUT2D eigenvalue weighted by molar-refractivity contribution is 0.289. The number of nitrogens with zero attached hydrogens (tertiary/aromatic N) is 3. The maximum absolute atomic E-state index is 5.69. The van der Waals surface area contributed by atoms with Gasteiger partial charge in [0.25, 0.3) is 0 Å². The summed E-state index contributed by atoms with van der Waals surface area (Å²) in [5.74, 6) is 0.750. The summed E-state index contributed by atoms with van der Waals surface area (Å²) in [5.41, 5.74) is 7.76. The summed E-state index contributed by atoms with van der Waals surface area (Å²) < 4.78 is 5.69. The molecule has 96 valence electrons. The highest BCUT2D eigenvalue weighted by Crippen LogP contribution is 2.21. The van der Waals surface area contributed by atoms with Crippen LogP contribution in [0.1, 0.15) is 0 Å². The van der Waals surface area contributed by atoms with Gasteiger partial charge in [0.2, 0.25) is 11.8 Å². The van der Waals surface area contributed by atoms with Crippen molar-refractivity contribution in [1.29, 1.82) is 0 Å². The molecule has 2 heterocycles. The molecular weight excluding hydrogens is 242 g/mol. The number of nitrogens with two attached hydrogens (primary N) is 1. The van der Waals surface area contributed by atoms with E-state index in [0.717, 1.165) is 5.57 Å². The van der Waals surface area contributed by atoms with Crippen LogP contribution >= 0.6 is 0 Å². The minimum absolute atomic E-state index is 0.162. The van der Waals surface area contributed by atoms with Gasteiger partial charge in [-0.05, 0) is 5.57 Å². The monoisotopic (exact) mass is 255 g/mol. The van der Waals surface area contributed by atoms with Crippen molar-refractivity contribution in [3.8, 4) is 5.88 Å². The molecule has 2 aromatic heterocycles. The van der Waals surface area contributed by atoms with Gasteiger partial charge in [0.15, 0.2) is 11.2 Å². The zero-order valence-corrected chi connectivity index (χ0v) is 10.2. The Morgan fingerprint density at radius 1 is 1.32 bits per heavy atom. The van der Waals surface area contributed by atoms with Crippen molar-refractivity contribution < 1.29 is 4.74 Å². The van der Waals surface area contributed by atoms with Crippen LogP contribution in [0.15, 0.2) is 42.8 Å². The van der Waals surface area contributed by atoms with E-state index in [4.69, 9.17) is 10.5 Å². The highest BCUT2D eigenvalue weighted by atomic mass is 16.5. The molecule has 3 rings (SSSR count). The molecule has 0 amide bonds. The molecule has 6 heteroatoms. The summed E-state index contributed by atoms with van der Waals surface area (Å²) >= 11 is 0. The van der Waals surface area contributed by atoms with Gasteiger partial charge in [-0.2, -0.15) is 9.97 Å². The second-order valence-corrected chi connectivity index (χ2v) is 4.25. The maximum Gasteiger partial charge on any atom is 0.247 e. The van der Waals surface area contributed by atoms with E-state index in [0.29, 0.717) is 23.7 Å². The lowest BCUT2D eigenvalue weighted by Gasteiger charge is -2.13. The van der Waals surface area contributed by atoms with Gasteiger partial charge in [-0.3, -0.25) is 0 Å². The lowest BCUT2D eigenvalue weighted by atomic mass is 10.0. The quantitative estimate of drug-likeness (QED) is 0.869. The molecule has 0 aromatic carbocycles. The molecule has 0 saturated heterocycles. The van der Waals surface area contributed by atoms with Gasteiger partial charge >= 0.3 is 0 Å². The molecule has 2 aromatic rings. The number of anilines is 1. The molecule has 0 bridgehead atoms. The lowest BCUT2D eigenvalue weighted by Crippen LogP contribution is -2.11. The van der Waals surface area contributed by atoms with E-state index in [1.165, 1.54) is 6.33 Å². The molecule has 0 atom stereocenters. The zero-order valence-electron chi connectivity index (χ0n) is 10.2. The largest absolute Gasteiger partial charge is 0.475 e. The number of nitrogen functional groups attached to an aromatic ring is 1. The van der Waals surface area contributed by atoms with Crippen LogP contribution in [-0.2, 0) is 0 Å². The minimum atomic E-state index is 0.162. The van der Waals surface area contributed by atoms with Crippen LogP contribution in [0.3, 0.4) is 0 Å². The van der Waals surface area contributed by atoms with Gasteiger partial charge in [0.05, 0.1) is 12.9 Å². The van der Waals surface area contributed by atoms with Gasteiger partial charge in [0.1, 0.15) is 0 Å². The molecular formula is C13H13N5O. The number of imidazole rings is 1. The number of aromatic amines is 1. The number of hydrogen-bond acceptors (Lipinski definition) is 5. The van der Waals surface area contributed by atoms with E-state index >= 15 is 0 Å². The first-order valence-corrected chi connectivity index (χ1v) is 5.87. The third-order valence-electron chi connectivity index (χ3n) is 2.79. The van der Waals surface area contributed by atoms with Crippen LogP contribution in [0.5, 0.6) is 5.88 Å². The highest BCUT2D eigenvalue weighted by Gasteiger charge is 2.12. The summed E-state index contributed by atoms with van der Waals surface area (Å²) in [6, 6.07) is 0. The van der Waals surface area contributed by atoms with E-state index in [-0.39, 0.29) is 11.9 Å². The summed E-state index contributed by atoms with van der Waals surface area (Å²) in [7, 11) is 0. The predicted octanol–water partition coefficient (Wildman–Crippen LogP) is 1.61. The first kappa shape index (κ1) is 11.5. The van der Waals surface area contributed by atoms with Gasteiger partial charge in [0, 0.05) is 5.92 Å². The van der Waals surface area contributed by atoms with Gasteiger partial charge in [-0.1, -0.05) is 30.9 Å². The third-order valence-corrected chi connectivity index (χ3v) is 2.79. The van der Waals surface area contributed by atoms with Crippen molar-refractivity contribution in [1.82, 2.24) is 19.9 Å². The first-order valence-electron chi connectivity index (χ1n) is 5.87. The number of hydrogen-bond donors (Lipinski definition) is 2. The molecule has 0 saturated carbocycles. The summed E-state index contributed by atoms with van der Waals surface area (Å²) in [6.07, 6.45) is 9.54. The third kappa shape index (κ3) is 2.33. The van der Waals surface area contributed by atoms with Crippen molar-refractivity contribution in [3.63, 3.8) is 0 Å². The Balaban J connectivity index is 1.78. The average Bonchev–Trinajstić information content (AvgIpc) is 2.85. The normalized spacial score (nSPS) is 15.3. The Morgan fingerprint density at radius 3 is 2.89 bits per heavy atom. The van der Waals surface area contributed by atoms with E-state index in [1.807, 2.05) is 24.3 Å². The van der Waals surface area contributed by atoms with E-state index in [2.05, 4.69) is 26.5 Å². The Hall–Kier alpha value is -2.63. The Labute approximate surface area is 109 Å². The Morgan fingerprint density at radius 2 is 2.11 bits per heavy atom. The molecule has 0 radical (unpaired) electrons. The van der Waals surface area contributed by atoms with E-state index < -0.39 is 0 Å². The molecule has 6 nitrogen and oxygen atoms in total. The number of rotatable bonds is 3. The molecule has 1 aliphatic carbocycles. The van der Waals surface area contributed by atoms with E-state index in [1.54, 1.807) is 0 Å². The highest BCUT2D eigenvalue weighted by molar-refractivity contribution is 5.76. The molecule has 3 N–H and O–H groups in total. The van der Waals surface area contributed by atoms with Crippen LogP contribution in [-0.4, -0.2) is 26.5 Å². The second-order valence-electron chi connectivity index (χ2n) is 4.25. The molecule has 0 unspecified atom stereocenters. The number of nitrogens with one attached hydrogen (secondary N) is 1. The Kier molecular flexibility index (Phi) is 2.75. The number of aromatic nitrogens is 4. The standard InChI is InChI=1S/C13H13N5O/c1-8-2-4-9(5-3-8)6-19-12-10-11(16-7-15-10)17-13(14)18-12/h2-5,7,9H,1,6H2,(H3,14,15,16,17,18). The minimum Gasteiger partial charge on any atom is -0.475 e. The number of H-pyrrole nitrogens is 1. The van der Waals surface area contributed by atoms with Crippen LogP contribution in [0, 0.1) is 5.92 Å². The van der Waals surface area contributed by atoms with Crippen LogP contribution in [0.4, 0.5) is 5.95 Å². The fraction of sp³-hybridized carbons (Fsp3) is 0.154. The molecule has 1 aliphatic rings. The van der Waals surface area contributed by atoms with Crippen LogP contribution in [0.2, 0.25) is 0 Å². The molecule has 0 aliphatic heterocycles. The summed E-state index contributed by atoms with van der Waals surface area (Å²) in [5, 5.41) is 0. The van der Waals surface area contributed by atoms with Crippen molar-refractivity contribution >= 4 is 17.1 Å². The molecule has 19 heavy (non-hydrogen) atoms. The number of fused-ring (bicyclic) bond motifs is 1. The fourth-order valence-corrected chi connectivity index (χ4v) is 1.83. The van der Waals surface area contributed by atoms with Gasteiger partial charge < -0.3 is 15.5 Å². The fourth-order valence-electron chi connectivity index (χ4n) is 1.83. The van der Waals surface area contributed by atoms with Gasteiger partial charge in [-0.15, -0.1) is 0 Å². The van der Waals surface area contributed by atoms with Crippen molar-refractivity contribution in [3.05, 3.63) is 42.8 Å². The van der Waals surface area contributed by atoms with Crippen molar-refractivity contribution in [2.75, 3.05) is 12.3 Å². The number of ether oxygens (including phenoxy) is 1. The summed E-state index contributed by atoms with van der Waals surface area (Å²) in [6.45, 7) is 4.32. The zero-order chi connectivity index (χ0) is 13.2. The number of allylic oxidation sites excluding steroid dienone is 3. The average molecular weight is 255 g/mol. The van der Waals surface area contributed by atoms with E-state index in [9.17, 15) is 0 Å². The first-order chi connectivity index (χ1) is 9.22. The molecule has 0 spiro atoms. The predicted molar refractivity (Wildman–Crippen MR) is 72.5 cm³/mol. The smallest absolute Gasteiger partial charge is 0.247 e. The van der Waals surface area contributed by atoms with Gasteiger partial charge in [-0.25, -0.2) is 4.98 Å². The summed E-state index contributed by atoms with van der Waals surface area (Å²) in [4.78, 5) is 15.1. The second kappa shape index (κ2) is 4.56. The van der Waals surface area contributed by atoms with Crippen molar-refractivity contribution in [2.24, 2.45) is 5.92 Å². The molecule has 0 fully saturated rings. The van der Waals surface area contributed by atoms with Crippen molar-refractivity contribution in [2.45, 2.75) is 0 Å². The van der Waals surface area contributed by atoms with Crippen LogP contribution < -0.4 is 10.5 Å². The topological polar surface area (TPSA) is 89.7 Å².